The van der Waals surface area contributed by atoms with Crippen molar-refractivity contribution in [3.05, 3.63) is 314 Å². The minimum Gasteiger partial charge on any atom is -0.310 e. The number of rotatable bonds is 10. The van der Waals surface area contributed by atoms with Gasteiger partial charge in [0, 0.05) is 65.5 Å². The van der Waals surface area contributed by atoms with Crippen molar-refractivity contribution in [2.75, 3.05) is 4.90 Å². The highest BCUT2D eigenvalue weighted by Crippen LogP contribution is 2.48. The average Bonchev–Trinajstić information content (AvgIpc) is 2.33. The Balaban J connectivity index is 0.981. The van der Waals surface area contributed by atoms with Crippen LogP contribution in [0.5, 0.6) is 0 Å². The summed E-state index contributed by atoms with van der Waals surface area (Å²) in [7, 11) is 0. The zero-order valence-corrected chi connectivity index (χ0v) is 45.9. The average molecular weight is 1080 g/mol. The molecule has 0 atom stereocenters. The van der Waals surface area contributed by atoms with Crippen LogP contribution in [0.15, 0.2) is 309 Å². The number of benzene rings is 13. The van der Waals surface area contributed by atoms with Gasteiger partial charge >= 0.3 is 0 Å². The van der Waals surface area contributed by atoms with Crippen LogP contribution in [0.3, 0.4) is 0 Å². The van der Waals surface area contributed by atoms with E-state index in [1.807, 2.05) is 0 Å². The molecule has 5 heteroatoms. The zero-order valence-electron chi connectivity index (χ0n) is 45.1. The van der Waals surface area contributed by atoms with E-state index in [0.717, 1.165) is 106 Å². The first-order chi connectivity index (χ1) is 41.1. The van der Waals surface area contributed by atoms with E-state index in [-0.39, 0.29) is 0 Å². The van der Waals surface area contributed by atoms with Crippen LogP contribution in [0.1, 0.15) is 0 Å². The van der Waals surface area contributed by atoms with E-state index in [1.165, 1.54) is 38.2 Å². The van der Waals surface area contributed by atoms with Crippen LogP contribution in [0.4, 0.5) is 17.1 Å². The largest absolute Gasteiger partial charge is 0.310 e. The summed E-state index contributed by atoms with van der Waals surface area (Å²) in [5.74, 6) is 0. The van der Waals surface area contributed by atoms with E-state index in [2.05, 4.69) is 328 Å². The predicted octanol–water partition coefficient (Wildman–Crippen LogP) is 21.8. The Morgan fingerprint density at radius 3 is 1.25 bits per heavy atom. The molecule has 0 aliphatic rings. The molecule has 3 heterocycles. The molecule has 0 saturated heterocycles. The normalized spacial score (nSPS) is 11.7. The van der Waals surface area contributed by atoms with Crippen molar-refractivity contribution in [3.8, 4) is 61.6 Å². The van der Waals surface area contributed by atoms with Gasteiger partial charge in [0.25, 0.3) is 0 Å². The maximum atomic E-state index is 7.74. The molecule has 0 aliphatic carbocycles. The van der Waals surface area contributed by atoms with Crippen LogP contribution in [0.25, 0.3) is 127 Å². The van der Waals surface area contributed by atoms with E-state index in [0.29, 0.717) is 5.02 Å². The lowest BCUT2D eigenvalue weighted by Gasteiger charge is -2.29. The molecule has 0 spiro atoms. The molecule has 0 fully saturated rings. The van der Waals surface area contributed by atoms with E-state index in [9.17, 15) is 0 Å². The Morgan fingerprint density at radius 2 is 0.687 bits per heavy atom. The Labute approximate surface area is 485 Å². The van der Waals surface area contributed by atoms with Crippen molar-refractivity contribution in [1.29, 1.82) is 0 Å². The smallest absolute Gasteiger partial charge is 0.0561 e. The van der Waals surface area contributed by atoms with Gasteiger partial charge in [-0.3, -0.25) is 0 Å². The molecule has 3 aromatic heterocycles. The lowest BCUT2D eigenvalue weighted by Crippen LogP contribution is -2.12. The van der Waals surface area contributed by atoms with Gasteiger partial charge in [-0.05, 0) is 137 Å². The van der Waals surface area contributed by atoms with Gasteiger partial charge in [-0.15, -0.1) is 0 Å². The summed E-state index contributed by atoms with van der Waals surface area (Å²) in [4.78, 5) is 2.42. The van der Waals surface area contributed by atoms with Gasteiger partial charge in [-0.2, -0.15) is 0 Å². The van der Waals surface area contributed by atoms with E-state index in [1.54, 1.807) is 0 Å². The summed E-state index contributed by atoms with van der Waals surface area (Å²) in [6, 6.07) is 112. The quantitative estimate of drug-likeness (QED) is 0.133. The molecule has 0 amide bonds. The molecule has 16 aromatic rings. The standard InChI is InChI=1S/C78H51ClN4/c79-56-47-55(78-76(82-70-37-18-13-32-63(70)64-33-14-19-38-71(64)82)41-22-42-77(78)83-72-39-20-15-34-65(72)66-35-16-21-40-73(66)83)48-59(50-56)80(69-36-17-12-31-62(69)53-25-6-2-7-26-53)58-44-46-75-68(51-58)67-49-54(43-45-74(67)81(75)57-27-8-3-9-28-57)61-30-11-10-29-60(61)52-23-4-1-5-24-52/h1-51H. The number of para-hydroxylation sites is 6. The lowest BCUT2D eigenvalue weighted by atomic mass is 9.94. The summed E-state index contributed by atoms with van der Waals surface area (Å²) in [6.45, 7) is 0. The Hall–Kier alpha value is -10.7. The number of halogens is 1. The number of hydrogen-bond acceptors (Lipinski definition) is 1. The molecule has 0 bridgehead atoms. The molecule has 4 nitrogen and oxygen atoms in total. The van der Waals surface area contributed by atoms with Gasteiger partial charge in [0.1, 0.15) is 0 Å². The van der Waals surface area contributed by atoms with Gasteiger partial charge in [-0.25, -0.2) is 0 Å². The molecular formula is C78H51ClN4. The third-order valence-corrected chi connectivity index (χ3v) is 16.9. The Morgan fingerprint density at radius 1 is 0.253 bits per heavy atom. The monoisotopic (exact) mass is 1080 g/mol. The molecule has 0 saturated carbocycles. The fraction of sp³-hybridized carbons (Fsp3) is 0. The maximum absolute atomic E-state index is 7.74. The summed E-state index contributed by atoms with van der Waals surface area (Å²) in [5.41, 5.74) is 21.9. The predicted molar refractivity (Wildman–Crippen MR) is 351 cm³/mol. The maximum Gasteiger partial charge on any atom is 0.0561 e. The first kappa shape index (κ1) is 48.3. The Bertz CT molecular complexity index is 4930. The molecule has 83 heavy (non-hydrogen) atoms. The topological polar surface area (TPSA) is 18.0 Å². The molecule has 390 valence electrons. The van der Waals surface area contributed by atoms with Crippen molar-refractivity contribution < 1.29 is 0 Å². The minimum atomic E-state index is 0.619. The summed E-state index contributed by atoms with van der Waals surface area (Å²) in [5, 5.41) is 7.70. The molecule has 0 N–H and O–H groups in total. The minimum absolute atomic E-state index is 0.619. The fourth-order valence-corrected chi connectivity index (χ4v) is 13.4. The summed E-state index contributed by atoms with van der Waals surface area (Å²) >= 11 is 7.74. The van der Waals surface area contributed by atoms with Crippen molar-refractivity contribution >= 4 is 94.1 Å². The number of nitrogens with zero attached hydrogens (tertiary/aromatic N) is 4. The number of fused-ring (bicyclic) bond motifs is 9. The molecular weight excluding hydrogens is 1030 g/mol. The number of anilines is 3. The van der Waals surface area contributed by atoms with Crippen LogP contribution in [0, 0.1) is 0 Å². The molecule has 13 aromatic carbocycles. The summed E-state index contributed by atoms with van der Waals surface area (Å²) in [6.07, 6.45) is 0. The van der Waals surface area contributed by atoms with Crippen molar-refractivity contribution in [3.63, 3.8) is 0 Å². The van der Waals surface area contributed by atoms with Gasteiger partial charge < -0.3 is 18.6 Å². The third-order valence-electron chi connectivity index (χ3n) is 16.7. The first-order valence-corrected chi connectivity index (χ1v) is 28.6. The second-order valence-electron chi connectivity index (χ2n) is 21.3. The second-order valence-corrected chi connectivity index (χ2v) is 21.8. The third kappa shape index (κ3) is 7.98. The molecule has 16 rings (SSSR count). The highest BCUT2D eigenvalue weighted by molar-refractivity contribution is 6.31. The zero-order chi connectivity index (χ0) is 55.0. The van der Waals surface area contributed by atoms with Crippen molar-refractivity contribution in [2.24, 2.45) is 0 Å². The second kappa shape index (κ2) is 19.9. The SMILES string of the molecule is Clc1cc(-c2c(-n3c4ccccc4c4ccccc43)cccc2-n2c3ccccc3c3ccccc32)cc(N(c2ccc3c(c2)c2cc(-c4ccccc4-c4ccccc4)ccc2n3-c2ccccc2)c2ccccc2-c2ccccc2)c1. The number of aromatic nitrogens is 3. The van der Waals surface area contributed by atoms with Gasteiger partial charge in [0.2, 0.25) is 0 Å². The van der Waals surface area contributed by atoms with Crippen LogP contribution >= 0.6 is 11.6 Å². The van der Waals surface area contributed by atoms with Crippen molar-refractivity contribution in [1.82, 2.24) is 13.7 Å². The van der Waals surface area contributed by atoms with E-state index >= 15 is 0 Å². The van der Waals surface area contributed by atoms with E-state index in [4.69, 9.17) is 11.6 Å². The van der Waals surface area contributed by atoms with Crippen LogP contribution in [-0.2, 0) is 0 Å². The van der Waals surface area contributed by atoms with E-state index < -0.39 is 0 Å². The summed E-state index contributed by atoms with van der Waals surface area (Å²) < 4.78 is 7.30. The van der Waals surface area contributed by atoms with Crippen LogP contribution in [0.2, 0.25) is 5.02 Å². The van der Waals surface area contributed by atoms with Crippen LogP contribution < -0.4 is 4.90 Å². The van der Waals surface area contributed by atoms with Crippen LogP contribution in [-0.4, -0.2) is 13.7 Å². The lowest BCUT2D eigenvalue weighted by molar-refractivity contribution is 1.14. The molecule has 0 unspecified atom stereocenters. The molecule has 0 aliphatic heterocycles. The Kier molecular flexibility index (Phi) is 11.5. The molecule has 0 radical (unpaired) electrons. The van der Waals surface area contributed by atoms with Gasteiger partial charge in [0.15, 0.2) is 0 Å². The number of hydrogen-bond donors (Lipinski definition) is 0. The first-order valence-electron chi connectivity index (χ1n) is 28.3. The van der Waals surface area contributed by atoms with Crippen molar-refractivity contribution in [2.45, 2.75) is 0 Å². The fourth-order valence-electron chi connectivity index (χ4n) is 13.1. The highest BCUT2D eigenvalue weighted by Gasteiger charge is 2.26. The van der Waals surface area contributed by atoms with Gasteiger partial charge in [0.05, 0.1) is 50.2 Å². The highest BCUT2D eigenvalue weighted by atomic mass is 35.5. The van der Waals surface area contributed by atoms with Gasteiger partial charge in [-0.1, -0.05) is 218 Å².